The van der Waals surface area contributed by atoms with Crippen LogP contribution in [0.3, 0.4) is 0 Å². The Morgan fingerprint density at radius 1 is 1.38 bits per heavy atom. The molecule has 0 aliphatic heterocycles. The van der Waals surface area contributed by atoms with Gasteiger partial charge in [0.1, 0.15) is 0 Å². The van der Waals surface area contributed by atoms with Gasteiger partial charge in [0, 0.05) is 25.4 Å². The number of carbonyl (C=O) groups is 1. The van der Waals surface area contributed by atoms with Crippen molar-refractivity contribution in [2.45, 2.75) is 51.2 Å². The van der Waals surface area contributed by atoms with Gasteiger partial charge in [-0.1, -0.05) is 0 Å². The second-order valence-electron chi connectivity index (χ2n) is 3.94. The topological polar surface area (TPSA) is 55.1 Å². The third-order valence-electron chi connectivity index (χ3n) is 2.02. The molecule has 0 radical (unpaired) electrons. The Bertz CT molecular complexity index is 205. The van der Waals surface area contributed by atoms with Crippen LogP contribution in [0.5, 0.6) is 0 Å². The number of nitrogens with one attached hydrogen (secondary N) is 1. The Morgan fingerprint density at radius 2 is 2.00 bits per heavy atom. The fourth-order valence-electron chi connectivity index (χ4n) is 1.19. The molecule has 0 heterocycles. The lowest BCUT2D eigenvalue weighted by Crippen LogP contribution is -2.25. The van der Waals surface area contributed by atoms with Crippen molar-refractivity contribution in [1.82, 2.24) is 5.32 Å². The van der Waals surface area contributed by atoms with E-state index in [0.717, 1.165) is 6.42 Å². The van der Waals surface area contributed by atoms with Crippen molar-refractivity contribution in [2.24, 2.45) is 5.73 Å². The van der Waals surface area contributed by atoms with E-state index in [-0.39, 0.29) is 24.9 Å². The molecule has 16 heavy (non-hydrogen) atoms. The average Bonchev–Trinajstić information content (AvgIpc) is 2.10. The lowest BCUT2D eigenvalue weighted by molar-refractivity contribution is -0.136. The van der Waals surface area contributed by atoms with Crippen LogP contribution >= 0.6 is 0 Å². The predicted molar refractivity (Wildman–Crippen MR) is 55.8 cm³/mol. The Morgan fingerprint density at radius 3 is 2.50 bits per heavy atom. The van der Waals surface area contributed by atoms with Crippen molar-refractivity contribution in [1.29, 1.82) is 0 Å². The number of hydrogen-bond acceptors (Lipinski definition) is 2. The molecule has 1 unspecified atom stereocenters. The van der Waals surface area contributed by atoms with Crippen LogP contribution in [0.4, 0.5) is 13.2 Å². The van der Waals surface area contributed by atoms with Crippen molar-refractivity contribution in [3.63, 3.8) is 0 Å². The average molecular weight is 240 g/mol. The van der Waals surface area contributed by atoms with E-state index in [1.165, 1.54) is 0 Å². The molecule has 0 aromatic carbocycles. The molecule has 6 heteroatoms. The molecule has 3 N–H and O–H groups in total. The van der Waals surface area contributed by atoms with Gasteiger partial charge in [0.2, 0.25) is 5.91 Å². The number of carbonyl (C=O) groups excluding carboxylic acids is 1. The summed E-state index contributed by atoms with van der Waals surface area (Å²) in [4.78, 5) is 11.1. The number of rotatable bonds is 7. The third-order valence-corrected chi connectivity index (χ3v) is 2.02. The summed E-state index contributed by atoms with van der Waals surface area (Å²) in [6.45, 7) is 1.93. The molecule has 96 valence electrons. The molecule has 1 atom stereocenters. The van der Waals surface area contributed by atoms with Crippen molar-refractivity contribution >= 4 is 5.91 Å². The van der Waals surface area contributed by atoms with Gasteiger partial charge < -0.3 is 11.1 Å². The molecule has 0 aliphatic carbocycles. The Balaban J connectivity index is 3.38. The van der Waals surface area contributed by atoms with E-state index in [4.69, 9.17) is 5.73 Å². The van der Waals surface area contributed by atoms with Crippen molar-refractivity contribution < 1.29 is 18.0 Å². The van der Waals surface area contributed by atoms with Gasteiger partial charge in [-0.2, -0.15) is 13.2 Å². The number of alkyl halides is 3. The molecule has 0 aromatic rings. The van der Waals surface area contributed by atoms with Gasteiger partial charge in [0.15, 0.2) is 0 Å². The van der Waals surface area contributed by atoms with Gasteiger partial charge >= 0.3 is 6.18 Å². The first-order valence-electron chi connectivity index (χ1n) is 5.40. The van der Waals surface area contributed by atoms with Crippen molar-refractivity contribution in [2.75, 3.05) is 6.54 Å². The second-order valence-corrected chi connectivity index (χ2v) is 3.94. The van der Waals surface area contributed by atoms with E-state index in [2.05, 4.69) is 5.32 Å². The molecule has 0 saturated heterocycles. The fourth-order valence-corrected chi connectivity index (χ4v) is 1.19. The highest BCUT2D eigenvalue weighted by atomic mass is 19.4. The van der Waals surface area contributed by atoms with Gasteiger partial charge in [0.05, 0.1) is 0 Å². The molecule has 3 nitrogen and oxygen atoms in total. The number of hydrogen-bond donors (Lipinski definition) is 2. The van der Waals surface area contributed by atoms with Crippen molar-refractivity contribution in [3.8, 4) is 0 Å². The molecular formula is C10H19F3N2O. The van der Waals surface area contributed by atoms with Gasteiger partial charge in [0.25, 0.3) is 0 Å². The van der Waals surface area contributed by atoms with E-state index < -0.39 is 12.6 Å². The summed E-state index contributed by atoms with van der Waals surface area (Å²) in [7, 11) is 0. The summed E-state index contributed by atoms with van der Waals surface area (Å²) >= 11 is 0. The maximum Gasteiger partial charge on any atom is 0.389 e. The number of amides is 1. The standard InChI is InChI=1S/C10H19F3N2O/c1-8(14)4-2-5-9(16)15-7-3-6-10(11,12)13/h8H,2-7,14H2,1H3,(H,15,16). The zero-order valence-electron chi connectivity index (χ0n) is 9.44. The van der Waals surface area contributed by atoms with Gasteiger partial charge in [-0.05, 0) is 26.2 Å². The van der Waals surface area contributed by atoms with E-state index in [0.29, 0.717) is 12.8 Å². The summed E-state index contributed by atoms with van der Waals surface area (Å²) < 4.78 is 35.2. The maximum atomic E-state index is 11.7. The normalized spacial score (nSPS) is 13.6. The quantitative estimate of drug-likeness (QED) is 0.668. The number of halogens is 3. The Kier molecular flexibility index (Phi) is 7.12. The Hall–Kier alpha value is -0.780. The lowest BCUT2D eigenvalue weighted by Gasteiger charge is -2.08. The van der Waals surface area contributed by atoms with Crippen molar-refractivity contribution in [3.05, 3.63) is 0 Å². The number of nitrogens with two attached hydrogens (primary N) is 1. The lowest BCUT2D eigenvalue weighted by atomic mass is 10.1. The molecule has 1 amide bonds. The molecule has 0 aromatic heterocycles. The molecular weight excluding hydrogens is 221 g/mol. The van der Waals surface area contributed by atoms with Gasteiger partial charge in [-0.25, -0.2) is 0 Å². The van der Waals surface area contributed by atoms with E-state index in [1.807, 2.05) is 6.92 Å². The first kappa shape index (κ1) is 15.2. The molecule has 0 rings (SSSR count). The van der Waals surface area contributed by atoms with E-state index in [9.17, 15) is 18.0 Å². The van der Waals surface area contributed by atoms with Gasteiger partial charge in [-0.3, -0.25) is 4.79 Å². The smallest absolute Gasteiger partial charge is 0.356 e. The summed E-state index contributed by atoms with van der Waals surface area (Å²) in [5.74, 6) is -0.206. The molecule has 0 spiro atoms. The second kappa shape index (κ2) is 7.49. The van der Waals surface area contributed by atoms with Crippen LogP contribution in [0.15, 0.2) is 0 Å². The molecule has 0 fully saturated rings. The van der Waals surface area contributed by atoms with Crippen LogP contribution in [0.25, 0.3) is 0 Å². The highest BCUT2D eigenvalue weighted by Gasteiger charge is 2.25. The maximum absolute atomic E-state index is 11.7. The zero-order chi connectivity index (χ0) is 12.6. The van der Waals surface area contributed by atoms with Crippen LogP contribution in [-0.4, -0.2) is 24.7 Å². The van der Waals surface area contributed by atoms with Crippen LogP contribution in [0.2, 0.25) is 0 Å². The minimum Gasteiger partial charge on any atom is -0.356 e. The van der Waals surface area contributed by atoms with E-state index >= 15 is 0 Å². The largest absolute Gasteiger partial charge is 0.389 e. The van der Waals surface area contributed by atoms with Gasteiger partial charge in [-0.15, -0.1) is 0 Å². The van der Waals surface area contributed by atoms with Crippen LogP contribution in [-0.2, 0) is 4.79 Å². The monoisotopic (exact) mass is 240 g/mol. The molecule has 0 saturated carbocycles. The first-order valence-corrected chi connectivity index (χ1v) is 5.40. The minimum absolute atomic E-state index is 0.0537. The first-order chi connectivity index (χ1) is 7.31. The van der Waals surface area contributed by atoms with Crippen LogP contribution in [0.1, 0.15) is 39.0 Å². The highest BCUT2D eigenvalue weighted by Crippen LogP contribution is 2.20. The van der Waals surface area contributed by atoms with Crippen LogP contribution in [0, 0.1) is 0 Å². The van der Waals surface area contributed by atoms with E-state index in [1.54, 1.807) is 0 Å². The van der Waals surface area contributed by atoms with Crippen LogP contribution < -0.4 is 11.1 Å². The summed E-state index contributed by atoms with van der Waals surface area (Å²) in [6, 6.07) is 0.0537. The highest BCUT2D eigenvalue weighted by molar-refractivity contribution is 5.75. The minimum atomic E-state index is -4.14. The third kappa shape index (κ3) is 11.3. The SMILES string of the molecule is CC(N)CCCC(=O)NCCCC(F)(F)F. The Labute approximate surface area is 93.6 Å². The summed E-state index contributed by atoms with van der Waals surface area (Å²) in [5.41, 5.74) is 5.49. The molecule has 0 aliphatic rings. The zero-order valence-corrected chi connectivity index (χ0v) is 9.44. The molecule has 0 bridgehead atoms. The summed E-state index contributed by atoms with van der Waals surface area (Å²) in [6.07, 6.45) is -3.32. The predicted octanol–water partition coefficient (Wildman–Crippen LogP) is 1.96. The fraction of sp³-hybridized carbons (Fsp3) is 0.900. The summed E-state index contributed by atoms with van der Waals surface area (Å²) in [5, 5.41) is 2.45.